The molecule has 2 aromatic rings. The Morgan fingerprint density at radius 1 is 1.08 bits per heavy atom. The molecule has 0 aliphatic rings. The number of aliphatic carboxylic acids is 1. The monoisotopic (exact) mass is 389 g/mol. The van der Waals surface area contributed by atoms with E-state index in [0.29, 0.717) is 16.5 Å². The molecule has 0 fully saturated rings. The average molecular weight is 390 g/mol. The third-order valence-corrected chi connectivity index (χ3v) is 4.03. The summed E-state index contributed by atoms with van der Waals surface area (Å²) in [6.45, 7) is 3.40. The van der Waals surface area contributed by atoms with Crippen molar-refractivity contribution in [1.82, 2.24) is 5.32 Å². The highest BCUT2D eigenvalue weighted by Crippen LogP contribution is 2.27. The van der Waals surface area contributed by atoms with Crippen LogP contribution in [0.15, 0.2) is 67.3 Å². The Bertz CT molecular complexity index is 824. The van der Waals surface area contributed by atoms with Crippen LogP contribution in [0.4, 0.5) is 0 Å². The summed E-state index contributed by atoms with van der Waals surface area (Å²) in [7, 11) is 0. The zero-order valence-corrected chi connectivity index (χ0v) is 15.3. The van der Waals surface area contributed by atoms with Gasteiger partial charge in [0, 0.05) is 16.1 Å². The maximum atomic E-state index is 11.5. The van der Waals surface area contributed by atoms with Gasteiger partial charge in [-0.2, -0.15) is 0 Å². The lowest BCUT2D eigenvalue weighted by Gasteiger charge is -2.14. The van der Waals surface area contributed by atoms with E-state index in [-0.39, 0.29) is 5.91 Å². The van der Waals surface area contributed by atoms with Gasteiger partial charge in [0.15, 0.2) is 0 Å². The molecule has 0 aliphatic heterocycles. The second-order valence-corrected chi connectivity index (χ2v) is 6.45. The molecule has 0 heterocycles. The van der Waals surface area contributed by atoms with Crippen molar-refractivity contribution in [3.05, 3.63) is 82.9 Å². The van der Waals surface area contributed by atoms with Crippen LogP contribution < -0.4 is 5.32 Å². The van der Waals surface area contributed by atoms with E-state index in [2.05, 4.69) is 11.9 Å². The highest BCUT2D eigenvalue weighted by atomic mass is 35.5. The van der Waals surface area contributed by atoms with E-state index in [1.54, 1.807) is 6.07 Å². The molecular weight excluding hydrogens is 373 g/mol. The Morgan fingerprint density at radius 2 is 1.69 bits per heavy atom. The summed E-state index contributed by atoms with van der Waals surface area (Å²) in [5, 5.41) is 12.6. The first-order valence-corrected chi connectivity index (χ1v) is 8.52. The van der Waals surface area contributed by atoms with Gasteiger partial charge in [0.05, 0.1) is 6.04 Å². The molecule has 2 N–H and O–H groups in total. The molecule has 4 nitrogen and oxygen atoms in total. The van der Waals surface area contributed by atoms with E-state index in [9.17, 15) is 9.59 Å². The maximum Gasteiger partial charge on any atom is 0.328 e. The number of amides is 1. The fourth-order valence-electron chi connectivity index (χ4n) is 2.42. The van der Waals surface area contributed by atoms with Crippen molar-refractivity contribution in [2.24, 2.45) is 0 Å². The van der Waals surface area contributed by atoms with Crippen LogP contribution in [0.25, 0.3) is 11.1 Å². The molecule has 0 spiro atoms. The molecule has 2 aromatic carbocycles. The summed E-state index contributed by atoms with van der Waals surface area (Å²) in [6, 6.07) is 12.5. The topological polar surface area (TPSA) is 66.4 Å². The van der Waals surface area contributed by atoms with Gasteiger partial charge in [-0.05, 0) is 47.4 Å². The minimum Gasteiger partial charge on any atom is -0.478 e. The van der Waals surface area contributed by atoms with Gasteiger partial charge in [0.25, 0.3) is 0 Å². The Kier molecular flexibility index (Phi) is 7.01. The number of benzene rings is 2. The zero-order chi connectivity index (χ0) is 19.1. The Hall–Kier alpha value is -2.56. The molecule has 0 aliphatic carbocycles. The van der Waals surface area contributed by atoms with Crippen LogP contribution in [-0.2, 0) is 16.0 Å². The van der Waals surface area contributed by atoms with Gasteiger partial charge >= 0.3 is 5.97 Å². The SMILES string of the molecule is C=CC(=O)N[C@@H](/C=C/C(=O)O)Cc1ccc(-c2cc(Cl)cc(Cl)c2)cc1. The van der Waals surface area contributed by atoms with E-state index < -0.39 is 12.0 Å². The number of hydrogen-bond acceptors (Lipinski definition) is 2. The van der Waals surface area contributed by atoms with Crippen molar-refractivity contribution < 1.29 is 14.7 Å². The maximum absolute atomic E-state index is 11.5. The third kappa shape index (κ3) is 6.06. The van der Waals surface area contributed by atoms with Crippen LogP contribution >= 0.6 is 23.2 Å². The Morgan fingerprint density at radius 3 is 2.23 bits per heavy atom. The van der Waals surface area contributed by atoms with Crippen LogP contribution in [0.3, 0.4) is 0 Å². The molecule has 6 heteroatoms. The summed E-state index contributed by atoms with van der Waals surface area (Å²) in [4.78, 5) is 22.3. The number of carboxylic acids is 1. The molecule has 0 unspecified atom stereocenters. The zero-order valence-electron chi connectivity index (χ0n) is 13.8. The fraction of sp³-hybridized carbons (Fsp3) is 0.100. The molecule has 1 amide bonds. The molecule has 0 radical (unpaired) electrons. The molecular formula is C20H17Cl2NO3. The molecule has 0 saturated heterocycles. The van der Waals surface area contributed by atoms with Gasteiger partial charge in [0.2, 0.25) is 5.91 Å². The predicted octanol–water partition coefficient (Wildman–Crippen LogP) is 4.51. The highest BCUT2D eigenvalue weighted by molar-refractivity contribution is 6.35. The van der Waals surface area contributed by atoms with E-state index in [0.717, 1.165) is 28.8 Å². The van der Waals surface area contributed by atoms with Crippen LogP contribution in [-0.4, -0.2) is 23.0 Å². The molecule has 2 rings (SSSR count). The number of hydrogen-bond donors (Lipinski definition) is 2. The van der Waals surface area contributed by atoms with Crippen LogP contribution in [0.1, 0.15) is 5.56 Å². The Balaban J connectivity index is 2.17. The van der Waals surface area contributed by atoms with Crippen molar-refractivity contribution in [2.45, 2.75) is 12.5 Å². The van der Waals surface area contributed by atoms with Crippen molar-refractivity contribution in [2.75, 3.05) is 0 Å². The molecule has 1 atom stereocenters. The van der Waals surface area contributed by atoms with Crippen molar-refractivity contribution in [1.29, 1.82) is 0 Å². The first-order valence-electron chi connectivity index (χ1n) is 7.77. The van der Waals surface area contributed by atoms with E-state index in [1.807, 2.05) is 36.4 Å². The minimum absolute atomic E-state index is 0.366. The van der Waals surface area contributed by atoms with E-state index in [4.69, 9.17) is 28.3 Å². The molecule has 134 valence electrons. The number of rotatable bonds is 7. The van der Waals surface area contributed by atoms with Crippen molar-refractivity contribution in [3.63, 3.8) is 0 Å². The van der Waals surface area contributed by atoms with Crippen LogP contribution in [0.2, 0.25) is 10.0 Å². The van der Waals surface area contributed by atoms with Gasteiger partial charge in [-0.1, -0.05) is 60.1 Å². The quantitative estimate of drug-likeness (QED) is 0.684. The number of halogens is 2. The summed E-state index contributed by atoms with van der Waals surface area (Å²) in [6.07, 6.45) is 4.04. The fourth-order valence-corrected chi connectivity index (χ4v) is 2.94. The van der Waals surface area contributed by atoms with Gasteiger partial charge < -0.3 is 10.4 Å². The first-order chi connectivity index (χ1) is 12.4. The largest absolute Gasteiger partial charge is 0.478 e. The second-order valence-electron chi connectivity index (χ2n) is 5.58. The second kappa shape index (κ2) is 9.22. The van der Waals surface area contributed by atoms with E-state index >= 15 is 0 Å². The Labute approximate surface area is 161 Å². The lowest BCUT2D eigenvalue weighted by molar-refractivity contribution is -0.131. The van der Waals surface area contributed by atoms with Crippen LogP contribution in [0, 0.1) is 0 Å². The van der Waals surface area contributed by atoms with Crippen molar-refractivity contribution in [3.8, 4) is 11.1 Å². The van der Waals surface area contributed by atoms with Crippen molar-refractivity contribution >= 4 is 35.1 Å². The van der Waals surface area contributed by atoms with Gasteiger partial charge in [-0.15, -0.1) is 0 Å². The molecule has 0 bridgehead atoms. The normalized spacial score (nSPS) is 11.9. The molecule has 0 aromatic heterocycles. The summed E-state index contributed by atoms with van der Waals surface area (Å²) in [5.41, 5.74) is 2.79. The number of carboxylic acid groups (broad SMARTS) is 1. The lowest BCUT2D eigenvalue weighted by Crippen LogP contribution is -2.33. The number of nitrogens with one attached hydrogen (secondary N) is 1. The number of carbonyl (C=O) groups excluding carboxylic acids is 1. The predicted molar refractivity (Wildman–Crippen MR) is 105 cm³/mol. The first kappa shape index (κ1) is 19.8. The minimum atomic E-state index is -1.07. The highest BCUT2D eigenvalue weighted by Gasteiger charge is 2.10. The smallest absolute Gasteiger partial charge is 0.328 e. The van der Waals surface area contributed by atoms with Crippen LogP contribution in [0.5, 0.6) is 0 Å². The third-order valence-electron chi connectivity index (χ3n) is 3.59. The lowest BCUT2D eigenvalue weighted by atomic mass is 10.0. The average Bonchev–Trinajstić information content (AvgIpc) is 2.59. The van der Waals surface area contributed by atoms with Gasteiger partial charge in [-0.25, -0.2) is 4.79 Å². The van der Waals surface area contributed by atoms with Gasteiger partial charge in [-0.3, -0.25) is 4.79 Å². The molecule has 0 saturated carbocycles. The molecule has 26 heavy (non-hydrogen) atoms. The number of carbonyl (C=O) groups is 2. The summed E-state index contributed by atoms with van der Waals surface area (Å²) in [5.74, 6) is -1.44. The standard InChI is InChI=1S/C20H17Cl2NO3/c1-2-19(24)23-18(7-8-20(25)26)9-13-3-5-14(6-4-13)15-10-16(21)12-17(22)11-15/h2-8,10-12,18H,1,9H2,(H,23,24)(H,25,26)/b8-7+/t18-/m0/s1. The van der Waals surface area contributed by atoms with E-state index in [1.165, 1.54) is 6.08 Å². The van der Waals surface area contributed by atoms with Gasteiger partial charge in [0.1, 0.15) is 0 Å². The summed E-state index contributed by atoms with van der Waals surface area (Å²) >= 11 is 12.1. The summed E-state index contributed by atoms with van der Waals surface area (Å²) < 4.78 is 0.